The molecule has 0 aromatic rings. The van der Waals surface area contributed by atoms with Crippen LogP contribution in [-0.2, 0) is 23.9 Å². The lowest BCUT2D eigenvalue weighted by Gasteiger charge is -2.12. The van der Waals surface area contributed by atoms with Crippen molar-refractivity contribution in [1.82, 2.24) is 0 Å². The van der Waals surface area contributed by atoms with Gasteiger partial charge in [0.15, 0.2) is 6.10 Å². The first-order valence-electron chi connectivity index (χ1n) is 8.12. The zero-order valence-corrected chi connectivity index (χ0v) is 14.1. The summed E-state index contributed by atoms with van der Waals surface area (Å²) >= 11 is 0. The van der Waals surface area contributed by atoms with Crippen LogP contribution in [-0.4, -0.2) is 35.2 Å². The van der Waals surface area contributed by atoms with E-state index in [2.05, 4.69) is 16.1 Å². The second-order valence-corrected chi connectivity index (χ2v) is 5.50. The highest BCUT2D eigenvalue weighted by atomic mass is 16.6. The van der Waals surface area contributed by atoms with Crippen molar-refractivity contribution in [2.75, 3.05) is 0 Å². The number of aliphatic hydroxyl groups excluding tert-OH is 1. The monoisotopic (exact) mass is 328 g/mol. The number of allylic oxidation sites excluding steroid dienone is 1. The minimum atomic E-state index is -1.33. The highest BCUT2D eigenvalue weighted by molar-refractivity contribution is 5.89. The van der Waals surface area contributed by atoms with Crippen molar-refractivity contribution in [1.29, 1.82) is 0 Å². The Morgan fingerprint density at radius 3 is 2.13 bits per heavy atom. The molecule has 0 aromatic heterocycles. The van der Waals surface area contributed by atoms with Crippen molar-refractivity contribution in [3.8, 4) is 0 Å². The van der Waals surface area contributed by atoms with Crippen LogP contribution < -0.4 is 0 Å². The van der Waals surface area contributed by atoms with Crippen LogP contribution in [0.15, 0.2) is 12.7 Å². The summed E-state index contributed by atoms with van der Waals surface area (Å²) in [6, 6.07) is 0. The topological polar surface area (TPSA) is 89.9 Å². The lowest BCUT2D eigenvalue weighted by Crippen LogP contribution is -2.31. The normalized spacial score (nSPS) is 13.0. The van der Waals surface area contributed by atoms with Gasteiger partial charge in [-0.3, -0.25) is 4.79 Å². The molecule has 0 fully saturated rings. The van der Waals surface area contributed by atoms with Crippen LogP contribution in [0.2, 0.25) is 0 Å². The molecule has 0 saturated carbocycles. The van der Waals surface area contributed by atoms with E-state index >= 15 is 0 Å². The molecule has 0 bridgehead atoms. The molecule has 6 nitrogen and oxygen atoms in total. The summed E-state index contributed by atoms with van der Waals surface area (Å²) in [7, 11) is 0. The van der Waals surface area contributed by atoms with Crippen LogP contribution in [0.25, 0.3) is 0 Å². The fourth-order valence-corrected chi connectivity index (χ4v) is 1.83. The van der Waals surface area contributed by atoms with Crippen LogP contribution in [0.3, 0.4) is 0 Å². The summed E-state index contributed by atoms with van der Waals surface area (Å²) < 4.78 is 9.25. The molecule has 2 atom stereocenters. The predicted molar refractivity (Wildman–Crippen MR) is 85.5 cm³/mol. The van der Waals surface area contributed by atoms with Crippen LogP contribution in [0, 0.1) is 0 Å². The quantitative estimate of drug-likeness (QED) is 0.256. The molecule has 23 heavy (non-hydrogen) atoms. The molecular formula is C17H28O6. The number of unbranched alkanes of at least 4 members (excludes halogenated alkanes) is 6. The van der Waals surface area contributed by atoms with Gasteiger partial charge in [-0.15, -0.1) is 6.58 Å². The second-order valence-electron chi connectivity index (χ2n) is 5.50. The largest absolute Gasteiger partial charge is 0.449 e. The van der Waals surface area contributed by atoms with Gasteiger partial charge < -0.3 is 14.6 Å². The minimum absolute atomic E-state index is 0.162. The van der Waals surface area contributed by atoms with Crippen LogP contribution in [0.1, 0.15) is 65.2 Å². The average molecular weight is 328 g/mol. The lowest BCUT2D eigenvalue weighted by molar-refractivity contribution is -0.176. The van der Waals surface area contributed by atoms with Gasteiger partial charge in [0.2, 0.25) is 0 Å². The van der Waals surface area contributed by atoms with Crippen molar-refractivity contribution in [3.63, 3.8) is 0 Å². The minimum Gasteiger partial charge on any atom is -0.449 e. The Balaban J connectivity index is 3.74. The highest BCUT2D eigenvalue weighted by Crippen LogP contribution is 2.09. The van der Waals surface area contributed by atoms with Crippen LogP contribution in [0.5, 0.6) is 0 Å². The zero-order valence-electron chi connectivity index (χ0n) is 14.1. The first kappa shape index (κ1) is 21.3. The number of carbonyl (C=O) groups is 3. The van der Waals surface area contributed by atoms with Gasteiger partial charge in [-0.1, -0.05) is 31.8 Å². The SMILES string of the molecule is C=CCCCCCCCCC(=O)OC(=O)C(C)OC(=O)C(C)O. The molecule has 6 heteroatoms. The molecule has 0 rings (SSSR count). The van der Waals surface area contributed by atoms with E-state index in [-0.39, 0.29) is 6.42 Å². The molecule has 0 heterocycles. The highest BCUT2D eigenvalue weighted by Gasteiger charge is 2.23. The van der Waals surface area contributed by atoms with E-state index in [0.717, 1.165) is 38.5 Å². The molecule has 0 aliphatic rings. The van der Waals surface area contributed by atoms with Gasteiger partial charge in [0.25, 0.3) is 0 Å². The van der Waals surface area contributed by atoms with E-state index in [1.807, 2.05) is 6.08 Å². The standard InChI is InChI=1S/C17H28O6/c1-4-5-6-7-8-9-10-11-12-15(19)23-17(21)14(3)22-16(20)13(2)18/h4,13-14,18H,1,5-12H2,2-3H3. The van der Waals surface area contributed by atoms with Crippen molar-refractivity contribution < 1.29 is 29.0 Å². The summed E-state index contributed by atoms with van der Waals surface area (Å²) in [5.41, 5.74) is 0. The summed E-state index contributed by atoms with van der Waals surface area (Å²) in [6.07, 6.45) is 6.59. The molecule has 0 aromatic carbocycles. The van der Waals surface area contributed by atoms with E-state index in [9.17, 15) is 14.4 Å². The Morgan fingerprint density at radius 1 is 1.00 bits per heavy atom. The second kappa shape index (κ2) is 12.8. The van der Waals surface area contributed by atoms with Gasteiger partial charge in [0.1, 0.15) is 6.10 Å². The number of hydrogen-bond acceptors (Lipinski definition) is 6. The molecule has 0 saturated heterocycles. The van der Waals surface area contributed by atoms with Gasteiger partial charge in [-0.2, -0.15) is 0 Å². The molecule has 0 aliphatic heterocycles. The molecule has 2 unspecified atom stereocenters. The zero-order chi connectivity index (χ0) is 17.7. The predicted octanol–water partition coefficient (Wildman–Crippen LogP) is 2.68. The third-order valence-electron chi connectivity index (χ3n) is 3.22. The van der Waals surface area contributed by atoms with Gasteiger partial charge in [-0.05, 0) is 33.1 Å². The van der Waals surface area contributed by atoms with E-state index < -0.39 is 30.1 Å². The molecule has 0 spiro atoms. The summed E-state index contributed by atoms with van der Waals surface area (Å²) in [5, 5.41) is 8.97. The van der Waals surface area contributed by atoms with Crippen molar-refractivity contribution >= 4 is 17.9 Å². The number of ether oxygens (including phenoxy) is 2. The third kappa shape index (κ3) is 11.5. The maximum atomic E-state index is 11.5. The molecule has 0 aliphatic carbocycles. The Labute approximate surface area is 137 Å². The van der Waals surface area contributed by atoms with Crippen LogP contribution >= 0.6 is 0 Å². The number of hydrogen-bond donors (Lipinski definition) is 1. The number of carbonyl (C=O) groups excluding carboxylic acids is 3. The molecular weight excluding hydrogens is 300 g/mol. The van der Waals surface area contributed by atoms with Crippen LogP contribution in [0.4, 0.5) is 0 Å². The van der Waals surface area contributed by atoms with E-state index in [1.54, 1.807) is 0 Å². The summed E-state index contributed by atoms with van der Waals surface area (Å²) in [6.45, 7) is 6.18. The molecule has 1 N–H and O–H groups in total. The number of rotatable bonds is 12. The van der Waals surface area contributed by atoms with Gasteiger partial charge >= 0.3 is 17.9 Å². The fourth-order valence-electron chi connectivity index (χ4n) is 1.83. The third-order valence-corrected chi connectivity index (χ3v) is 3.22. The number of esters is 3. The Kier molecular flexibility index (Phi) is 11.9. The van der Waals surface area contributed by atoms with Crippen molar-refractivity contribution in [2.24, 2.45) is 0 Å². The van der Waals surface area contributed by atoms with Gasteiger partial charge in [-0.25, -0.2) is 9.59 Å². The van der Waals surface area contributed by atoms with Gasteiger partial charge in [0.05, 0.1) is 0 Å². The molecule has 132 valence electrons. The number of aliphatic hydroxyl groups is 1. The van der Waals surface area contributed by atoms with Gasteiger partial charge in [0, 0.05) is 6.42 Å². The van der Waals surface area contributed by atoms with E-state index in [0.29, 0.717) is 6.42 Å². The first-order chi connectivity index (χ1) is 10.9. The van der Waals surface area contributed by atoms with E-state index in [1.165, 1.54) is 13.8 Å². The maximum Gasteiger partial charge on any atom is 0.354 e. The summed E-state index contributed by atoms with van der Waals surface area (Å²) in [4.78, 5) is 34.2. The van der Waals surface area contributed by atoms with E-state index in [4.69, 9.17) is 5.11 Å². The summed E-state index contributed by atoms with van der Waals surface area (Å²) in [5.74, 6) is -2.48. The Morgan fingerprint density at radius 2 is 1.57 bits per heavy atom. The Bertz CT molecular complexity index is 389. The average Bonchev–Trinajstić information content (AvgIpc) is 2.49. The smallest absolute Gasteiger partial charge is 0.354 e. The Hall–Kier alpha value is -1.69. The maximum absolute atomic E-state index is 11.5. The lowest BCUT2D eigenvalue weighted by atomic mass is 10.1. The fraction of sp³-hybridized carbons (Fsp3) is 0.706. The molecule has 0 radical (unpaired) electrons. The van der Waals surface area contributed by atoms with Crippen molar-refractivity contribution in [3.05, 3.63) is 12.7 Å². The molecule has 0 amide bonds. The first-order valence-corrected chi connectivity index (χ1v) is 8.12. The van der Waals surface area contributed by atoms with Crippen molar-refractivity contribution in [2.45, 2.75) is 77.4 Å².